The van der Waals surface area contributed by atoms with E-state index in [0.29, 0.717) is 71.2 Å². The van der Waals surface area contributed by atoms with Crippen LogP contribution in [0.5, 0.6) is 11.8 Å². The zero-order valence-electron chi connectivity index (χ0n) is 30.7. The molecule has 9 rings (SSSR count). The number of aliphatic hydroxyl groups is 1. The zero-order chi connectivity index (χ0) is 36.5. The monoisotopic (exact) mass is 729 g/mol. The molecule has 2 N–H and O–H groups in total. The number of phenolic OH excluding ortho intramolecular Hbond substituents is 1. The van der Waals surface area contributed by atoms with Crippen molar-refractivity contribution in [1.29, 1.82) is 0 Å². The highest BCUT2D eigenvalue weighted by molar-refractivity contribution is 6.01. The molecule has 5 fully saturated rings. The molecule has 2 aromatic heterocycles. The Balaban J connectivity index is 1.10. The third-order valence-electron chi connectivity index (χ3n) is 13.0. The first-order valence-electron chi connectivity index (χ1n) is 19.4. The minimum atomic E-state index is -1.17. The number of aryl methyl sites for hydroxylation is 1. The van der Waals surface area contributed by atoms with Crippen LogP contribution in [0, 0.1) is 22.5 Å². The van der Waals surface area contributed by atoms with Crippen LogP contribution in [0.15, 0.2) is 30.5 Å². The van der Waals surface area contributed by atoms with Gasteiger partial charge >= 0.3 is 6.01 Å². The van der Waals surface area contributed by atoms with E-state index in [0.717, 1.165) is 51.9 Å². The number of anilines is 1. The number of ether oxygens (including phenoxy) is 3. The Morgan fingerprint density at radius 2 is 1.85 bits per heavy atom. The topological polar surface area (TPSA) is 113 Å². The Labute approximate surface area is 308 Å². The van der Waals surface area contributed by atoms with Crippen molar-refractivity contribution in [3.63, 3.8) is 0 Å². The highest BCUT2D eigenvalue weighted by Gasteiger charge is 2.55. The Bertz CT molecular complexity index is 2050. The van der Waals surface area contributed by atoms with Gasteiger partial charge in [0, 0.05) is 42.4 Å². The molecule has 2 aromatic carbocycles. The number of fused-ring (bicyclic) bond motifs is 3. The van der Waals surface area contributed by atoms with E-state index in [4.69, 9.17) is 24.2 Å². The molecule has 1 spiro atoms. The first-order valence-corrected chi connectivity index (χ1v) is 19.4. The van der Waals surface area contributed by atoms with Crippen LogP contribution < -0.4 is 9.64 Å². The van der Waals surface area contributed by atoms with Crippen molar-refractivity contribution in [2.24, 2.45) is 10.8 Å². The van der Waals surface area contributed by atoms with Gasteiger partial charge in [-0.1, -0.05) is 19.4 Å². The molecule has 4 aromatic rings. The summed E-state index contributed by atoms with van der Waals surface area (Å²) in [6.45, 7) is 7.97. The molecule has 0 bridgehead atoms. The van der Waals surface area contributed by atoms with Gasteiger partial charge < -0.3 is 29.3 Å². The molecule has 5 heterocycles. The summed E-state index contributed by atoms with van der Waals surface area (Å²) in [4.78, 5) is 18.9. The molecule has 3 saturated heterocycles. The molecule has 0 amide bonds. The molecule has 12 heteroatoms. The van der Waals surface area contributed by atoms with E-state index in [1.54, 1.807) is 19.1 Å². The predicted molar refractivity (Wildman–Crippen MR) is 197 cm³/mol. The molecule has 2 saturated carbocycles. The van der Waals surface area contributed by atoms with Crippen LogP contribution in [-0.2, 0) is 15.9 Å². The number of halogens is 2. The van der Waals surface area contributed by atoms with E-state index in [1.165, 1.54) is 37.6 Å². The largest absolute Gasteiger partial charge is 0.508 e. The smallest absolute Gasteiger partial charge is 0.319 e. The lowest BCUT2D eigenvalue weighted by molar-refractivity contribution is -0.0813. The molecule has 282 valence electrons. The maximum absolute atomic E-state index is 17.1. The van der Waals surface area contributed by atoms with Gasteiger partial charge in [-0.05, 0) is 105 Å². The second kappa shape index (κ2) is 13.2. The number of benzene rings is 2. The van der Waals surface area contributed by atoms with Crippen molar-refractivity contribution in [1.82, 2.24) is 19.9 Å². The average Bonchev–Trinajstić information content (AvgIpc) is 3.76. The number of piperidine rings is 1. The van der Waals surface area contributed by atoms with E-state index in [9.17, 15) is 10.2 Å². The lowest BCUT2D eigenvalue weighted by Gasteiger charge is -2.56. The second-order valence-electron chi connectivity index (χ2n) is 16.7. The quantitative estimate of drug-likeness (QED) is 0.217. The summed E-state index contributed by atoms with van der Waals surface area (Å²) in [6.07, 6.45) is 11.0. The van der Waals surface area contributed by atoms with Crippen LogP contribution in [0.3, 0.4) is 0 Å². The Morgan fingerprint density at radius 3 is 2.66 bits per heavy atom. The highest BCUT2D eigenvalue weighted by Crippen LogP contribution is 2.55. The van der Waals surface area contributed by atoms with E-state index in [1.807, 2.05) is 11.8 Å². The normalized spacial score (nSPS) is 30.5. The average molecular weight is 730 g/mol. The molecule has 3 atom stereocenters. The van der Waals surface area contributed by atoms with Gasteiger partial charge in [0.15, 0.2) is 5.82 Å². The fraction of sp³-hybridized carbons (Fsp3) is 0.585. The van der Waals surface area contributed by atoms with Crippen LogP contribution >= 0.6 is 0 Å². The maximum atomic E-state index is 17.1. The van der Waals surface area contributed by atoms with E-state index in [-0.39, 0.29) is 47.1 Å². The summed E-state index contributed by atoms with van der Waals surface area (Å²) in [6, 6.07) is 6.99. The van der Waals surface area contributed by atoms with Crippen LogP contribution in [0.4, 0.5) is 14.6 Å². The standard InChI is InChI=1S/C41H49F2N5O5/c1-3-28-31(42)8-7-25-16-27(49)17-29(33(25)28)35-34(43)36-30(20-44-35)37(47-13-15-52-22-39(2,50)21-47)46-38(45-36)53-24-41-9-4-6-32(41)48(12-5-10-41)26-18-40(19-26)11-14-51-23-40/h7-8,16-17,20,26,32,49-50H,3-6,9-15,18-19,21-24H2,1-2H3/t26?,32?,39-,40?,41+/m0/s1. The van der Waals surface area contributed by atoms with Gasteiger partial charge in [0.05, 0.1) is 38.4 Å². The summed E-state index contributed by atoms with van der Waals surface area (Å²) in [5.41, 5.74) is -0.199. The number of pyridine rings is 1. The molecule has 0 radical (unpaired) electrons. The summed E-state index contributed by atoms with van der Waals surface area (Å²) in [5.74, 6) is -0.803. The van der Waals surface area contributed by atoms with Crippen molar-refractivity contribution in [2.45, 2.75) is 89.3 Å². The molecule has 10 nitrogen and oxygen atoms in total. The molecular weight excluding hydrogens is 680 g/mol. The van der Waals surface area contributed by atoms with Gasteiger partial charge in [-0.15, -0.1) is 0 Å². The SMILES string of the molecule is CCc1c(F)ccc2cc(O)cc(-c3ncc4c(N5CCOC[C@@](C)(O)C5)nc(OC[C@]56CCCC5N(C5CC7(CCOC7)C5)CCC6)nc4c3F)c12. The summed E-state index contributed by atoms with van der Waals surface area (Å²) in [7, 11) is 0. The van der Waals surface area contributed by atoms with Gasteiger partial charge in [-0.25, -0.2) is 8.78 Å². The van der Waals surface area contributed by atoms with E-state index in [2.05, 4.69) is 9.88 Å². The molecule has 1 unspecified atom stereocenters. The number of hydrogen-bond donors (Lipinski definition) is 2. The lowest BCUT2D eigenvalue weighted by atomic mass is 9.63. The minimum absolute atomic E-state index is 0.00930. The number of rotatable bonds is 7. The highest BCUT2D eigenvalue weighted by atomic mass is 19.1. The Kier molecular flexibility index (Phi) is 8.75. The predicted octanol–water partition coefficient (Wildman–Crippen LogP) is 6.56. The fourth-order valence-electron chi connectivity index (χ4n) is 10.5. The van der Waals surface area contributed by atoms with Crippen LogP contribution in [-0.4, -0.2) is 100 Å². The molecule has 5 aliphatic rings. The number of phenols is 1. The van der Waals surface area contributed by atoms with Gasteiger partial charge in [0.1, 0.15) is 34.2 Å². The van der Waals surface area contributed by atoms with Crippen LogP contribution in [0.25, 0.3) is 32.9 Å². The van der Waals surface area contributed by atoms with Crippen molar-refractivity contribution in [3.8, 4) is 23.0 Å². The first kappa shape index (κ1) is 35.0. The third-order valence-corrected chi connectivity index (χ3v) is 13.0. The lowest BCUT2D eigenvalue weighted by Crippen LogP contribution is -2.60. The van der Waals surface area contributed by atoms with Crippen molar-refractivity contribution in [2.75, 3.05) is 57.6 Å². The van der Waals surface area contributed by atoms with E-state index >= 15 is 8.78 Å². The van der Waals surface area contributed by atoms with Crippen LogP contribution in [0.1, 0.15) is 70.8 Å². The summed E-state index contributed by atoms with van der Waals surface area (Å²) in [5, 5.41) is 23.2. The molecular formula is C41H49F2N5O5. The Hall–Kier alpha value is -3.71. The van der Waals surface area contributed by atoms with Crippen molar-refractivity contribution < 1.29 is 33.2 Å². The second-order valence-corrected chi connectivity index (χ2v) is 16.7. The van der Waals surface area contributed by atoms with Gasteiger partial charge in [0.25, 0.3) is 0 Å². The van der Waals surface area contributed by atoms with Crippen molar-refractivity contribution >= 4 is 27.5 Å². The maximum Gasteiger partial charge on any atom is 0.319 e. The molecule has 53 heavy (non-hydrogen) atoms. The van der Waals surface area contributed by atoms with Gasteiger partial charge in [-0.2, -0.15) is 9.97 Å². The van der Waals surface area contributed by atoms with Crippen LogP contribution in [0.2, 0.25) is 0 Å². The number of β-amino-alcohol motifs (C(OH)–C–C–N with tert-alkyl or cyclic N) is 1. The number of aromatic nitrogens is 3. The van der Waals surface area contributed by atoms with E-state index < -0.39 is 17.2 Å². The minimum Gasteiger partial charge on any atom is -0.508 e. The first-order chi connectivity index (χ1) is 25.6. The Morgan fingerprint density at radius 1 is 1.02 bits per heavy atom. The number of likely N-dealkylation sites (tertiary alicyclic amines) is 1. The van der Waals surface area contributed by atoms with Gasteiger partial charge in [-0.3, -0.25) is 9.88 Å². The molecule has 2 aliphatic carbocycles. The fourth-order valence-corrected chi connectivity index (χ4v) is 10.5. The summed E-state index contributed by atoms with van der Waals surface area (Å²) >= 11 is 0. The summed E-state index contributed by atoms with van der Waals surface area (Å²) < 4.78 is 50.4. The van der Waals surface area contributed by atoms with Gasteiger partial charge in [0.2, 0.25) is 0 Å². The number of hydrogen-bond acceptors (Lipinski definition) is 10. The molecule has 3 aliphatic heterocycles. The zero-order valence-corrected chi connectivity index (χ0v) is 30.7. The van der Waals surface area contributed by atoms with Crippen molar-refractivity contribution in [3.05, 3.63) is 47.7 Å². The number of nitrogens with zero attached hydrogens (tertiary/aromatic N) is 5. The number of aromatic hydroxyl groups is 1. The third kappa shape index (κ3) is 6.10.